The van der Waals surface area contributed by atoms with Crippen molar-refractivity contribution in [3.63, 3.8) is 0 Å². The van der Waals surface area contributed by atoms with Gasteiger partial charge in [-0.3, -0.25) is 0 Å². The van der Waals surface area contributed by atoms with Gasteiger partial charge in [-0.25, -0.2) is 9.78 Å². The molecule has 0 bridgehead atoms. The third kappa shape index (κ3) is 2.27. The minimum atomic E-state index is -0.977. The Balaban J connectivity index is 2.26. The summed E-state index contributed by atoms with van der Waals surface area (Å²) in [6.45, 7) is 2.11. The molecule has 0 unspecified atom stereocenters. The quantitative estimate of drug-likeness (QED) is 0.713. The highest BCUT2D eigenvalue weighted by Crippen LogP contribution is 2.26. The van der Waals surface area contributed by atoms with Crippen LogP contribution >= 0.6 is 0 Å². The molecule has 2 rings (SSSR count). The molecule has 6 nitrogen and oxygen atoms in total. The summed E-state index contributed by atoms with van der Waals surface area (Å²) in [6.07, 6.45) is 2.92. The number of nitrogens with one attached hydrogen (secondary N) is 1. The first-order valence-electron chi connectivity index (χ1n) is 5.33. The van der Waals surface area contributed by atoms with Crippen molar-refractivity contribution in [2.75, 3.05) is 11.1 Å². The van der Waals surface area contributed by atoms with Gasteiger partial charge in [-0.05, 0) is 24.6 Å². The molecule has 0 aliphatic rings. The van der Waals surface area contributed by atoms with Crippen molar-refractivity contribution in [1.29, 1.82) is 0 Å². The number of carbonyl (C=O) groups is 1. The zero-order valence-electron chi connectivity index (χ0n) is 9.80. The number of hydrogen-bond acceptors (Lipinski definition) is 5. The molecular formula is C12H13N3O3. The van der Waals surface area contributed by atoms with E-state index in [-0.39, 0.29) is 5.56 Å². The van der Waals surface area contributed by atoms with Gasteiger partial charge in [0.1, 0.15) is 5.76 Å². The standard InChI is InChI=1S/C12H13N3O3/c1-7-9(12(16)17)2-3-10(13)11(7)15-5-8-4-14-6-18-8/h2-4,6,15H,5,13H2,1H3,(H,16,17). The number of nitrogens with two attached hydrogens (primary N) is 1. The van der Waals surface area contributed by atoms with Crippen LogP contribution in [-0.2, 0) is 6.54 Å². The minimum Gasteiger partial charge on any atom is -0.478 e. The highest BCUT2D eigenvalue weighted by molar-refractivity contribution is 5.93. The lowest BCUT2D eigenvalue weighted by atomic mass is 10.1. The van der Waals surface area contributed by atoms with E-state index in [1.54, 1.807) is 19.2 Å². The first kappa shape index (κ1) is 12.0. The van der Waals surface area contributed by atoms with Crippen LogP contribution in [0.5, 0.6) is 0 Å². The van der Waals surface area contributed by atoms with Crippen LogP contribution in [0.2, 0.25) is 0 Å². The van der Waals surface area contributed by atoms with E-state index in [1.807, 2.05) is 0 Å². The second-order valence-electron chi connectivity index (χ2n) is 3.83. The Labute approximate surface area is 103 Å². The number of oxazole rings is 1. The molecule has 94 valence electrons. The van der Waals surface area contributed by atoms with Gasteiger partial charge in [-0.2, -0.15) is 0 Å². The van der Waals surface area contributed by atoms with Crippen molar-refractivity contribution in [3.8, 4) is 0 Å². The van der Waals surface area contributed by atoms with Crippen molar-refractivity contribution in [2.24, 2.45) is 0 Å². The third-order valence-electron chi connectivity index (χ3n) is 2.65. The summed E-state index contributed by atoms with van der Waals surface area (Å²) in [5, 5.41) is 12.1. The Morgan fingerprint density at radius 3 is 2.94 bits per heavy atom. The Morgan fingerprint density at radius 1 is 1.56 bits per heavy atom. The maximum atomic E-state index is 11.0. The van der Waals surface area contributed by atoms with Gasteiger partial charge in [0, 0.05) is 0 Å². The molecule has 1 aromatic heterocycles. The fourth-order valence-corrected chi connectivity index (χ4v) is 1.70. The number of nitrogen functional groups attached to an aromatic ring is 1. The molecule has 1 aromatic carbocycles. The average molecular weight is 247 g/mol. The molecule has 0 saturated heterocycles. The summed E-state index contributed by atoms with van der Waals surface area (Å²) in [5.74, 6) is -0.329. The molecule has 18 heavy (non-hydrogen) atoms. The molecular weight excluding hydrogens is 234 g/mol. The molecule has 0 atom stereocenters. The van der Waals surface area contributed by atoms with Gasteiger partial charge in [0.25, 0.3) is 0 Å². The van der Waals surface area contributed by atoms with Crippen molar-refractivity contribution in [2.45, 2.75) is 13.5 Å². The minimum absolute atomic E-state index is 0.226. The molecule has 0 aliphatic carbocycles. The summed E-state index contributed by atoms with van der Waals surface area (Å²) < 4.78 is 5.08. The average Bonchev–Trinajstić information content (AvgIpc) is 2.81. The first-order valence-corrected chi connectivity index (χ1v) is 5.33. The molecule has 0 saturated carbocycles. The highest BCUT2D eigenvalue weighted by Gasteiger charge is 2.13. The number of nitrogens with zero attached hydrogens (tertiary/aromatic N) is 1. The van der Waals surface area contributed by atoms with Crippen LogP contribution < -0.4 is 11.1 Å². The second-order valence-corrected chi connectivity index (χ2v) is 3.83. The molecule has 4 N–H and O–H groups in total. The van der Waals surface area contributed by atoms with Crippen LogP contribution in [0.3, 0.4) is 0 Å². The highest BCUT2D eigenvalue weighted by atomic mass is 16.4. The van der Waals surface area contributed by atoms with Gasteiger partial charge < -0.3 is 20.6 Å². The van der Waals surface area contributed by atoms with Gasteiger partial charge in [-0.15, -0.1) is 0 Å². The van der Waals surface area contributed by atoms with Crippen LogP contribution in [0, 0.1) is 6.92 Å². The Hall–Kier alpha value is -2.50. The number of aromatic carboxylic acids is 1. The number of rotatable bonds is 4. The van der Waals surface area contributed by atoms with Crippen LogP contribution in [0.4, 0.5) is 11.4 Å². The van der Waals surface area contributed by atoms with Crippen LogP contribution in [-0.4, -0.2) is 16.1 Å². The van der Waals surface area contributed by atoms with E-state index in [1.165, 1.54) is 12.5 Å². The topological polar surface area (TPSA) is 101 Å². The van der Waals surface area contributed by atoms with Crippen molar-refractivity contribution in [3.05, 3.63) is 41.6 Å². The van der Waals surface area contributed by atoms with Gasteiger partial charge in [-0.1, -0.05) is 0 Å². The van der Waals surface area contributed by atoms with Gasteiger partial charge in [0.15, 0.2) is 6.39 Å². The maximum Gasteiger partial charge on any atom is 0.336 e. The second kappa shape index (κ2) is 4.79. The third-order valence-corrected chi connectivity index (χ3v) is 2.65. The van der Waals surface area contributed by atoms with Gasteiger partial charge >= 0.3 is 5.97 Å². The predicted molar refractivity (Wildman–Crippen MR) is 66.4 cm³/mol. The largest absolute Gasteiger partial charge is 0.478 e. The zero-order chi connectivity index (χ0) is 13.1. The van der Waals surface area contributed by atoms with Crippen molar-refractivity contribution >= 4 is 17.3 Å². The fourth-order valence-electron chi connectivity index (χ4n) is 1.70. The monoisotopic (exact) mass is 247 g/mol. The Morgan fingerprint density at radius 2 is 2.33 bits per heavy atom. The number of carboxylic acids is 1. The molecule has 2 aromatic rings. The molecule has 0 spiro atoms. The first-order chi connectivity index (χ1) is 8.59. The normalized spacial score (nSPS) is 10.3. The van der Waals surface area contributed by atoms with E-state index in [4.69, 9.17) is 15.3 Å². The van der Waals surface area contributed by atoms with Crippen LogP contribution in [0.1, 0.15) is 21.7 Å². The predicted octanol–water partition coefficient (Wildman–Crippen LogP) is 1.88. The van der Waals surface area contributed by atoms with E-state index >= 15 is 0 Å². The summed E-state index contributed by atoms with van der Waals surface area (Å²) >= 11 is 0. The van der Waals surface area contributed by atoms with E-state index in [9.17, 15) is 4.79 Å². The molecule has 6 heteroatoms. The molecule has 0 aliphatic heterocycles. The maximum absolute atomic E-state index is 11.0. The van der Waals surface area contributed by atoms with Crippen molar-refractivity contribution < 1.29 is 14.3 Å². The molecule has 0 fully saturated rings. The summed E-state index contributed by atoms with van der Waals surface area (Å²) in [7, 11) is 0. The SMILES string of the molecule is Cc1c(C(=O)O)ccc(N)c1NCc1cnco1. The number of anilines is 2. The van der Waals surface area contributed by atoms with Gasteiger partial charge in [0.2, 0.25) is 0 Å². The smallest absolute Gasteiger partial charge is 0.336 e. The number of benzene rings is 1. The lowest BCUT2D eigenvalue weighted by Gasteiger charge is -2.13. The zero-order valence-corrected chi connectivity index (χ0v) is 9.80. The van der Waals surface area contributed by atoms with Crippen molar-refractivity contribution in [1.82, 2.24) is 4.98 Å². The number of carboxylic acid groups (broad SMARTS) is 1. The van der Waals surface area contributed by atoms with E-state index in [0.717, 1.165) is 0 Å². The van der Waals surface area contributed by atoms with Gasteiger partial charge in [0.05, 0.1) is 29.7 Å². The van der Waals surface area contributed by atoms with E-state index < -0.39 is 5.97 Å². The summed E-state index contributed by atoms with van der Waals surface area (Å²) in [5.41, 5.74) is 7.75. The number of aromatic nitrogens is 1. The lowest BCUT2D eigenvalue weighted by Crippen LogP contribution is -2.08. The summed E-state index contributed by atoms with van der Waals surface area (Å²) in [4.78, 5) is 14.8. The van der Waals surface area contributed by atoms with Crippen LogP contribution in [0.25, 0.3) is 0 Å². The lowest BCUT2D eigenvalue weighted by molar-refractivity contribution is 0.0696. The van der Waals surface area contributed by atoms with E-state index in [0.29, 0.717) is 29.2 Å². The number of hydrogen-bond donors (Lipinski definition) is 3. The Kier molecular flexibility index (Phi) is 3.18. The fraction of sp³-hybridized carbons (Fsp3) is 0.167. The summed E-state index contributed by atoms with van der Waals surface area (Å²) in [6, 6.07) is 3.06. The molecule has 0 radical (unpaired) electrons. The van der Waals surface area contributed by atoms with E-state index in [2.05, 4.69) is 10.3 Å². The Bertz CT molecular complexity index is 564. The molecule has 1 heterocycles. The molecule has 0 amide bonds. The van der Waals surface area contributed by atoms with Crippen LogP contribution in [0.15, 0.2) is 29.1 Å².